The fourth-order valence-corrected chi connectivity index (χ4v) is 4.86. The number of benzene rings is 1. The van der Waals surface area contributed by atoms with Crippen molar-refractivity contribution >= 4 is 33.2 Å². The van der Waals surface area contributed by atoms with Crippen molar-refractivity contribution in [1.82, 2.24) is 19.4 Å². The number of rotatable bonds is 9. The zero-order chi connectivity index (χ0) is 22.4. The lowest BCUT2D eigenvalue weighted by Gasteiger charge is -2.19. The average molecular weight is 464 g/mol. The predicted octanol–water partition coefficient (Wildman–Crippen LogP) is 3.39. The van der Waals surface area contributed by atoms with Gasteiger partial charge in [0.05, 0.1) is 5.02 Å². The van der Waals surface area contributed by atoms with Crippen LogP contribution in [0.3, 0.4) is 0 Å². The van der Waals surface area contributed by atoms with Gasteiger partial charge >= 0.3 is 0 Å². The summed E-state index contributed by atoms with van der Waals surface area (Å²) in [7, 11) is -3.76. The summed E-state index contributed by atoms with van der Waals surface area (Å²) in [5.74, 6) is 0.418. The molecular formula is C20H22ClN5O4S. The zero-order valence-electron chi connectivity index (χ0n) is 17.1. The largest absolute Gasteiger partial charge is 0.339 e. The van der Waals surface area contributed by atoms with Gasteiger partial charge in [0.25, 0.3) is 0 Å². The van der Waals surface area contributed by atoms with E-state index in [2.05, 4.69) is 20.4 Å². The smallest absolute Gasteiger partial charge is 0.244 e. The number of hydrogen-bond acceptors (Lipinski definition) is 7. The molecule has 0 aliphatic rings. The van der Waals surface area contributed by atoms with Crippen molar-refractivity contribution in [2.24, 2.45) is 0 Å². The van der Waals surface area contributed by atoms with Gasteiger partial charge in [-0.3, -0.25) is 9.78 Å². The number of aromatic nitrogens is 3. The van der Waals surface area contributed by atoms with E-state index in [0.29, 0.717) is 30.5 Å². The van der Waals surface area contributed by atoms with Crippen molar-refractivity contribution in [2.45, 2.75) is 31.6 Å². The van der Waals surface area contributed by atoms with Crippen molar-refractivity contribution < 1.29 is 17.7 Å². The van der Waals surface area contributed by atoms with Gasteiger partial charge in [-0.05, 0) is 30.3 Å². The molecule has 0 radical (unpaired) electrons. The van der Waals surface area contributed by atoms with Crippen molar-refractivity contribution in [3.05, 3.63) is 53.6 Å². The summed E-state index contributed by atoms with van der Waals surface area (Å²) >= 11 is 6.12. The van der Waals surface area contributed by atoms with Gasteiger partial charge in [-0.2, -0.15) is 9.29 Å². The summed E-state index contributed by atoms with van der Waals surface area (Å²) in [6.07, 6.45) is 3.57. The highest BCUT2D eigenvalue weighted by molar-refractivity contribution is 7.89. The van der Waals surface area contributed by atoms with E-state index in [-0.39, 0.29) is 28.7 Å². The van der Waals surface area contributed by atoms with Crippen molar-refractivity contribution in [2.75, 3.05) is 18.4 Å². The minimum Gasteiger partial charge on any atom is -0.339 e. The van der Waals surface area contributed by atoms with Crippen LogP contribution >= 0.6 is 11.6 Å². The van der Waals surface area contributed by atoms with Gasteiger partial charge in [0.2, 0.25) is 27.6 Å². The lowest BCUT2D eigenvalue weighted by atomic mass is 10.2. The van der Waals surface area contributed by atoms with Crippen LogP contribution in [-0.4, -0.2) is 46.8 Å². The molecule has 164 valence electrons. The summed E-state index contributed by atoms with van der Waals surface area (Å²) in [5.41, 5.74) is 1.10. The van der Waals surface area contributed by atoms with E-state index in [1.807, 2.05) is 0 Å². The highest BCUT2D eigenvalue weighted by Gasteiger charge is 2.25. The van der Waals surface area contributed by atoms with Crippen LogP contribution in [0.1, 0.15) is 26.2 Å². The van der Waals surface area contributed by atoms with Gasteiger partial charge in [-0.25, -0.2) is 8.42 Å². The maximum atomic E-state index is 12.8. The monoisotopic (exact) mass is 463 g/mol. The second-order valence-corrected chi connectivity index (χ2v) is 8.84. The van der Waals surface area contributed by atoms with Crippen molar-refractivity contribution in [3.8, 4) is 11.4 Å². The highest BCUT2D eigenvalue weighted by atomic mass is 35.5. The number of nitrogens with zero attached hydrogens (tertiary/aromatic N) is 4. The normalized spacial score (nSPS) is 11.6. The van der Waals surface area contributed by atoms with Crippen LogP contribution in [0.4, 0.5) is 5.69 Å². The summed E-state index contributed by atoms with van der Waals surface area (Å²) in [4.78, 5) is 20.5. The SMILES string of the molecule is CCN(CC)S(=O)(=O)c1cc(NC(=O)CCc2nc(-c3ccncc3)no2)ccc1Cl. The number of halogens is 1. The molecule has 0 fully saturated rings. The number of amides is 1. The Kier molecular flexibility index (Phi) is 7.37. The molecule has 1 amide bonds. The third-order valence-corrected chi connectivity index (χ3v) is 7.04. The minimum atomic E-state index is -3.76. The molecule has 11 heteroatoms. The second-order valence-electron chi connectivity index (χ2n) is 6.53. The number of nitrogens with one attached hydrogen (secondary N) is 1. The standard InChI is InChI=1S/C20H22ClN5O4S/c1-3-26(4-2)31(28,29)17-13-15(5-6-16(17)21)23-18(27)7-8-19-24-20(25-30-19)14-9-11-22-12-10-14/h5-6,9-13H,3-4,7-8H2,1-2H3,(H,23,27). The summed E-state index contributed by atoms with van der Waals surface area (Å²) in [6.45, 7) is 4.13. The Bertz CT molecular complexity index is 1150. The van der Waals surface area contributed by atoms with Gasteiger partial charge < -0.3 is 9.84 Å². The Hall–Kier alpha value is -2.82. The van der Waals surface area contributed by atoms with E-state index in [1.54, 1.807) is 44.4 Å². The Labute approximate surface area is 185 Å². The third-order valence-electron chi connectivity index (χ3n) is 4.51. The molecule has 9 nitrogen and oxygen atoms in total. The predicted molar refractivity (Wildman–Crippen MR) is 116 cm³/mol. The number of carbonyl (C=O) groups excluding carboxylic acids is 1. The van der Waals surface area contributed by atoms with Gasteiger partial charge in [0, 0.05) is 49.6 Å². The quantitative estimate of drug-likeness (QED) is 0.516. The molecule has 0 bridgehead atoms. The molecule has 0 atom stereocenters. The van der Waals surface area contributed by atoms with Crippen LogP contribution in [0.5, 0.6) is 0 Å². The lowest BCUT2D eigenvalue weighted by molar-refractivity contribution is -0.116. The number of pyridine rings is 1. The maximum Gasteiger partial charge on any atom is 0.244 e. The summed E-state index contributed by atoms with van der Waals surface area (Å²) in [6, 6.07) is 7.88. The van der Waals surface area contributed by atoms with Gasteiger partial charge in [0.1, 0.15) is 4.90 Å². The van der Waals surface area contributed by atoms with Crippen molar-refractivity contribution in [3.63, 3.8) is 0 Å². The van der Waals surface area contributed by atoms with Crippen LogP contribution in [0, 0.1) is 0 Å². The molecule has 31 heavy (non-hydrogen) atoms. The number of aryl methyl sites for hydroxylation is 1. The molecule has 0 aliphatic carbocycles. The first-order valence-corrected chi connectivity index (χ1v) is 11.5. The lowest BCUT2D eigenvalue weighted by Crippen LogP contribution is -2.30. The van der Waals surface area contributed by atoms with Crippen LogP contribution in [0.15, 0.2) is 52.1 Å². The Morgan fingerprint density at radius 3 is 2.55 bits per heavy atom. The van der Waals surface area contributed by atoms with Crippen LogP contribution < -0.4 is 5.32 Å². The van der Waals surface area contributed by atoms with E-state index < -0.39 is 10.0 Å². The Balaban J connectivity index is 1.66. The van der Waals surface area contributed by atoms with Crippen LogP contribution in [0.25, 0.3) is 11.4 Å². The molecule has 0 saturated heterocycles. The summed E-state index contributed by atoms with van der Waals surface area (Å²) in [5, 5.41) is 6.68. The van der Waals surface area contributed by atoms with Crippen molar-refractivity contribution in [1.29, 1.82) is 0 Å². The topological polar surface area (TPSA) is 118 Å². The minimum absolute atomic E-state index is 0.0467. The summed E-state index contributed by atoms with van der Waals surface area (Å²) < 4.78 is 32.0. The molecule has 3 aromatic rings. The number of carbonyl (C=O) groups is 1. The zero-order valence-corrected chi connectivity index (χ0v) is 18.7. The first-order valence-electron chi connectivity index (χ1n) is 9.67. The fraction of sp³-hybridized carbons (Fsp3) is 0.300. The van der Waals surface area contributed by atoms with E-state index in [4.69, 9.17) is 16.1 Å². The van der Waals surface area contributed by atoms with E-state index in [1.165, 1.54) is 16.4 Å². The van der Waals surface area contributed by atoms with E-state index >= 15 is 0 Å². The second kappa shape index (κ2) is 9.99. The molecule has 2 aromatic heterocycles. The third kappa shape index (κ3) is 5.46. The molecule has 0 aliphatic heterocycles. The Morgan fingerprint density at radius 1 is 1.16 bits per heavy atom. The molecule has 3 rings (SSSR count). The van der Waals surface area contributed by atoms with Crippen LogP contribution in [-0.2, 0) is 21.2 Å². The number of sulfonamides is 1. The number of hydrogen-bond donors (Lipinski definition) is 1. The molecule has 1 N–H and O–H groups in total. The van der Waals surface area contributed by atoms with Crippen LogP contribution in [0.2, 0.25) is 5.02 Å². The van der Waals surface area contributed by atoms with Gasteiger partial charge in [-0.15, -0.1) is 0 Å². The first-order chi connectivity index (χ1) is 14.8. The molecular weight excluding hydrogens is 442 g/mol. The molecule has 0 unspecified atom stereocenters. The Morgan fingerprint density at radius 2 is 1.87 bits per heavy atom. The molecule has 2 heterocycles. The maximum absolute atomic E-state index is 12.8. The van der Waals surface area contributed by atoms with E-state index in [0.717, 1.165) is 5.56 Å². The highest BCUT2D eigenvalue weighted by Crippen LogP contribution is 2.28. The first kappa shape index (κ1) is 22.9. The fourth-order valence-electron chi connectivity index (χ4n) is 2.90. The van der Waals surface area contributed by atoms with Gasteiger partial charge in [-0.1, -0.05) is 30.6 Å². The molecule has 0 spiro atoms. The number of anilines is 1. The van der Waals surface area contributed by atoms with Gasteiger partial charge in [0.15, 0.2) is 0 Å². The average Bonchev–Trinajstić information content (AvgIpc) is 3.24. The molecule has 1 aromatic carbocycles. The molecule has 0 saturated carbocycles. The van der Waals surface area contributed by atoms with E-state index in [9.17, 15) is 13.2 Å².